The smallest absolute Gasteiger partial charge is 0.257 e. The van der Waals surface area contributed by atoms with E-state index in [0.29, 0.717) is 31.6 Å². The largest absolute Gasteiger partial charge is 0.492 e. The first kappa shape index (κ1) is 16.5. The minimum atomic E-state index is -3.77. The third-order valence-corrected chi connectivity index (χ3v) is 6.95. The van der Waals surface area contributed by atoms with Crippen molar-refractivity contribution in [1.82, 2.24) is 9.21 Å². The molecular formula is C16H20N2O6S. The summed E-state index contributed by atoms with van der Waals surface area (Å²) in [6.45, 7) is 1.30. The maximum atomic E-state index is 13.3. The number of ether oxygens (including phenoxy) is 3. The summed E-state index contributed by atoms with van der Waals surface area (Å²) >= 11 is 0. The van der Waals surface area contributed by atoms with Crippen LogP contribution in [-0.2, 0) is 16.4 Å². The van der Waals surface area contributed by atoms with Crippen LogP contribution in [-0.4, -0.2) is 64.1 Å². The maximum absolute atomic E-state index is 13.3. The first-order valence-corrected chi connectivity index (χ1v) is 9.69. The van der Waals surface area contributed by atoms with Gasteiger partial charge in [-0.1, -0.05) is 0 Å². The van der Waals surface area contributed by atoms with Gasteiger partial charge in [0.2, 0.25) is 22.6 Å². The molecule has 3 aliphatic heterocycles. The van der Waals surface area contributed by atoms with Gasteiger partial charge in [-0.05, 0) is 24.8 Å². The van der Waals surface area contributed by atoms with Gasteiger partial charge in [0.25, 0.3) is 5.91 Å². The molecule has 0 radical (unpaired) electrons. The Morgan fingerprint density at radius 1 is 1.08 bits per heavy atom. The van der Waals surface area contributed by atoms with Crippen LogP contribution < -0.4 is 14.2 Å². The van der Waals surface area contributed by atoms with Crippen molar-refractivity contribution >= 4 is 15.9 Å². The molecule has 0 saturated carbocycles. The summed E-state index contributed by atoms with van der Waals surface area (Å²) in [6.07, 6.45) is 2.09. The highest BCUT2D eigenvalue weighted by Gasteiger charge is 2.42. The number of hydrogen-bond acceptors (Lipinski definition) is 6. The van der Waals surface area contributed by atoms with E-state index in [1.165, 1.54) is 11.4 Å². The quantitative estimate of drug-likeness (QED) is 0.786. The lowest BCUT2D eigenvalue weighted by molar-refractivity contribution is 0.0775. The van der Waals surface area contributed by atoms with Crippen LogP contribution in [0.2, 0.25) is 0 Å². The zero-order valence-electron chi connectivity index (χ0n) is 14.2. The monoisotopic (exact) mass is 368 g/mol. The summed E-state index contributed by atoms with van der Waals surface area (Å²) in [5, 5.41) is 0. The number of rotatable bonds is 3. The van der Waals surface area contributed by atoms with E-state index in [1.807, 2.05) is 0 Å². The van der Waals surface area contributed by atoms with Crippen molar-refractivity contribution in [2.45, 2.75) is 24.2 Å². The van der Waals surface area contributed by atoms with Gasteiger partial charge in [0.1, 0.15) is 4.90 Å². The van der Waals surface area contributed by atoms with Gasteiger partial charge in [-0.2, -0.15) is 4.31 Å². The number of carbonyl (C=O) groups excluding carboxylic acids is 1. The first-order chi connectivity index (χ1) is 12.0. The van der Waals surface area contributed by atoms with Crippen LogP contribution in [0.25, 0.3) is 0 Å². The standard InChI is InChI=1S/C16H20N2O6S/c1-17-8-5-10-11(16(17)19)12(22-2)13-14(24-9-23-13)15(10)25(20,21)18-6-3-4-7-18/h3-9H2,1-2H3. The number of likely N-dealkylation sites (N-methyl/N-ethyl adjacent to an activating group) is 1. The van der Waals surface area contributed by atoms with E-state index in [0.717, 1.165) is 12.8 Å². The molecule has 9 heteroatoms. The summed E-state index contributed by atoms with van der Waals surface area (Å²) in [5.41, 5.74) is 0.731. The van der Waals surface area contributed by atoms with Crippen LogP contribution in [0.4, 0.5) is 0 Å². The van der Waals surface area contributed by atoms with Crippen LogP contribution >= 0.6 is 0 Å². The van der Waals surface area contributed by atoms with Gasteiger partial charge in [-0.25, -0.2) is 8.42 Å². The molecule has 4 rings (SSSR count). The van der Waals surface area contributed by atoms with Gasteiger partial charge >= 0.3 is 0 Å². The van der Waals surface area contributed by atoms with Crippen molar-refractivity contribution in [2.75, 3.05) is 40.6 Å². The predicted molar refractivity (Wildman–Crippen MR) is 87.8 cm³/mol. The molecule has 1 fully saturated rings. The molecule has 1 amide bonds. The number of benzene rings is 1. The summed E-state index contributed by atoms with van der Waals surface area (Å²) in [4.78, 5) is 14.4. The number of fused-ring (bicyclic) bond motifs is 2. The number of hydrogen-bond donors (Lipinski definition) is 0. The highest BCUT2D eigenvalue weighted by molar-refractivity contribution is 7.89. The second-order valence-corrected chi connectivity index (χ2v) is 8.24. The summed E-state index contributed by atoms with van der Waals surface area (Å²) in [7, 11) is -0.646. The Morgan fingerprint density at radius 2 is 1.76 bits per heavy atom. The Balaban J connectivity index is 2.02. The van der Waals surface area contributed by atoms with Crippen molar-refractivity contribution in [3.8, 4) is 17.2 Å². The molecule has 136 valence electrons. The average Bonchev–Trinajstić information content (AvgIpc) is 3.27. The molecule has 1 aromatic carbocycles. The molecule has 0 N–H and O–H groups in total. The molecule has 3 heterocycles. The van der Waals surface area contributed by atoms with Gasteiger partial charge in [0.15, 0.2) is 11.5 Å². The third-order valence-electron chi connectivity index (χ3n) is 4.95. The molecule has 3 aliphatic rings. The lowest BCUT2D eigenvalue weighted by Gasteiger charge is -2.29. The fourth-order valence-corrected chi connectivity index (χ4v) is 5.58. The third kappa shape index (κ3) is 2.29. The molecular weight excluding hydrogens is 348 g/mol. The molecule has 0 aromatic heterocycles. The number of methoxy groups -OCH3 is 1. The van der Waals surface area contributed by atoms with Gasteiger partial charge < -0.3 is 19.1 Å². The minimum Gasteiger partial charge on any atom is -0.492 e. The molecule has 0 spiro atoms. The average molecular weight is 368 g/mol. The topological polar surface area (TPSA) is 85.4 Å². The van der Waals surface area contributed by atoms with E-state index < -0.39 is 10.0 Å². The number of carbonyl (C=O) groups is 1. The maximum Gasteiger partial charge on any atom is 0.257 e. The van der Waals surface area contributed by atoms with Crippen molar-refractivity contribution in [3.63, 3.8) is 0 Å². The molecule has 0 unspecified atom stereocenters. The van der Waals surface area contributed by atoms with E-state index in [2.05, 4.69) is 0 Å². The molecule has 1 aromatic rings. The van der Waals surface area contributed by atoms with E-state index in [4.69, 9.17) is 14.2 Å². The second kappa shape index (κ2) is 5.77. The summed E-state index contributed by atoms with van der Waals surface area (Å²) in [6, 6.07) is 0. The SMILES string of the molecule is COc1c2c(c(S(=O)(=O)N3CCCC3)c3c1C(=O)N(C)CC3)OCO2. The Bertz CT molecular complexity index is 845. The number of sulfonamides is 1. The molecule has 1 saturated heterocycles. The molecule has 0 aliphatic carbocycles. The van der Waals surface area contributed by atoms with Crippen molar-refractivity contribution in [2.24, 2.45) is 0 Å². The van der Waals surface area contributed by atoms with Crippen LogP contribution in [0.15, 0.2) is 4.90 Å². The van der Waals surface area contributed by atoms with Crippen molar-refractivity contribution in [3.05, 3.63) is 11.1 Å². The van der Waals surface area contributed by atoms with Crippen LogP contribution in [0.3, 0.4) is 0 Å². The Morgan fingerprint density at radius 3 is 2.44 bits per heavy atom. The van der Waals surface area contributed by atoms with Crippen LogP contribution in [0.1, 0.15) is 28.8 Å². The first-order valence-electron chi connectivity index (χ1n) is 8.25. The van der Waals surface area contributed by atoms with Gasteiger partial charge in [-0.15, -0.1) is 0 Å². The fraction of sp³-hybridized carbons (Fsp3) is 0.562. The Hall–Kier alpha value is -2.00. The molecule has 25 heavy (non-hydrogen) atoms. The highest BCUT2D eigenvalue weighted by Crippen LogP contribution is 2.51. The molecule has 0 atom stereocenters. The minimum absolute atomic E-state index is 0.0687. The van der Waals surface area contributed by atoms with Crippen molar-refractivity contribution < 1.29 is 27.4 Å². The Labute approximate surface area is 146 Å². The van der Waals surface area contributed by atoms with Gasteiger partial charge in [0, 0.05) is 26.7 Å². The summed E-state index contributed by atoms with van der Waals surface area (Å²) < 4.78 is 44.4. The molecule has 0 bridgehead atoms. The number of amides is 1. The Kier molecular flexibility index (Phi) is 3.80. The molecule has 8 nitrogen and oxygen atoms in total. The lowest BCUT2D eigenvalue weighted by Crippen LogP contribution is -2.37. The van der Waals surface area contributed by atoms with E-state index >= 15 is 0 Å². The van der Waals surface area contributed by atoms with Crippen LogP contribution in [0.5, 0.6) is 17.2 Å². The zero-order chi connectivity index (χ0) is 17.8. The van der Waals surface area contributed by atoms with Gasteiger partial charge in [0.05, 0.1) is 12.7 Å². The highest BCUT2D eigenvalue weighted by atomic mass is 32.2. The number of nitrogens with zero attached hydrogens (tertiary/aromatic N) is 2. The van der Waals surface area contributed by atoms with E-state index in [1.54, 1.807) is 11.9 Å². The fourth-order valence-electron chi connectivity index (χ4n) is 3.68. The normalized spacial score (nSPS) is 20.1. The zero-order valence-corrected chi connectivity index (χ0v) is 15.0. The predicted octanol–water partition coefficient (Wildman–Crippen LogP) is 0.836. The summed E-state index contributed by atoms with van der Waals surface area (Å²) in [5.74, 6) is 0.344. The second-order valence-electron chi connectivity index (χ2n) is 6.37. The van der Waals surface area contributed by atoms with E-state index in [-0.39, 0.29) is 40.4 Å². The van der Waals surface area contributed by atoms with Crippen LogP contribution in [0, 0.1) is 0 Å². The lowest BCUT2D eigenvalue weighted by atomic mass is 9.97. The van der Waals surface area contributed by atoms with Gasteiger partial charge in [-0.3, -0.25) is 4.79 Å². The van der Waals surface area contributed by atoms with Crippen molar-refractivity contribution in [1.29, 1.82) is 0 Å². The van der Waals surface area contributed by atoms with E-state index in [9.17, 15) is 13.2 Å².